The van der Waals surface area contributed by atoms with Crippen LogP contribution in [0.2, 0.25) is 0 Å². The van der Waals surface area contributed by atoms with E-state index >= 15 is 0 Å². The summed E-state index contributed by atoms with van der Waals surface area (Å²) in [6, 6.07) is 8.53. The van der Waals surface area contributed by atoms with Crippen molar-refractivity contribution < 1.29 is 17.0 Å². The highest BCUT2D eigenvalue weighted by molar-refractivity contribution is 7.18. The third-order valence-corrected chi connectivity index (χ3v) is 5.16. The Hall–Kier alpha value is -0.830. The van der Waals surface area contributed by atoms with E-state index in [0.29, 0.717) is 0 Å². The molecule has 0 aliphatic heterocycles. The van der Waals surface area contributed by atoms with Gasteiger partial charge in [-0.25, -0.2) is 0 Å². The maximum Gasteiger partial charge on any atom is 0.262 e. The van der Waals surface area contributed by atoms with Crippen LogP contribution in [0.5, 0.6) is 0 Å². The lowest BCUT2D eigenvalue weighted by molar-refractivity contribution is -0.642. The van der Waals surface area contributed by atoms with E-state index in [-0.39, 0.29) is 17.8 Å². The molecule has 21 heavy (non-hydrogen) atoms. The zero-order valence-corrected chi connectivity index (χ0v) is 14.8. The van der Waals surface area contributed by atoms with Crippen LogP contribution in [0.25, 0.3) is 16.3 Å². The Morgan fingerprint density at radius 2 is 1.95 bits per heavy atom. The molecule has 0 N–H and O–H groups in total. The van der Waals surface area contributed by atoms with Crippen molar-refractivity contribution in [1.82, 2.24) is 0 Å². The number of hydrogen-bond donors (Lipinski definition) is 0. The Labute approximate surface area is 141 Å². The van der Waals surface area contributed by atoms with E-state index < -0.39 is 0 Å². The van der Waals surface area contributed by atoms with E-state index in [1.807, 2.05) is 11.3 Å². The lowest BCUT2D eigenvalue weighted by Gasteiger charge is -2.28. The maximum atomic E-state index is 6.30. The van der Waals surface area contributed by atoms with Gasteiger partial charge >= 0.3 is 0 Å². The topological polar surface area (TPSA) is 3.88 Å². The molecule has 0 atom stereocenters. The van der Waals surface area contributed by atoms with Crippen molar-refractivity contribution >= 4 is 39.2 Å². The first-order valence-corrected chi connectivity index (χ1v) is 8.08. The van der Waals surface area contributed by atoms with Crippen LogP contribution in [0, 0.1) is 5.41 Å². The summed E-state index contributed by atoms with van der Waals surface area (Å²) in [7, 11) is 2.13. The van der Waals surface area contributed by atoms with Crippen LogP contribution < -0.4 is 17.0 Å². The van der Waals surface area contributed by atoms with Gasteiger partial charge in [0.1, 0.15) is 11.7 Å². The van der Waals surface area contributed by atoms with Crippen LogP contribution in [0.4, 0.5) is 0 Å². The Bertz CT molecular complexity index is 725. The molecular weight excluding hydrogens is 321 g/mol. The molecule has 1 aliphatic carbocycles. The van der Waals surface area contributed by atoms with Crippen molar-refractivity contribution in [3.05, 3.63) is 46.0 Å². The largest absolute Gasteiger partial charge is 1.00 e. The number of para-hydroxylation sites is 1. The van der Waals surface area contributed by atoms with Crippen molar-refractivity contribution in [2.24, 2.45) is 12.5 Å². The summed E-state index contributed by atoms with van der Waals surface area (Å²) in [6.45, 7) is 4.56. The molecule has 0 unspecified atom stereocenters. The van der Waals surface area contributed by atoms with Crippen LogP contribution in [-0.4, -0.2) is 0 Å². The summed E-state index contributed by atoms with van der Waals surface area (Å²) < 4.78 is 3.59. The molecule has 0 amide bonds. The smallest absolute Gasteiger partial charge is 0.262 e. The van der Waals surface area contributed by atoms with E-state index in [1.54, 1.807) is 0 Å². The molecule has 1 heterocycles. The average molecular weight is 340 g/mol. The predicted octanol–water partition coefficient (Wildman–Crippen LogP) is 2.06. The summed E-state index contributed by atoms with van der Waals surface area (Å²) in [6.07, 6.45) is 6.48. The molecule has 0 saturated carbocycles. The Balaban J connectivity index is 0.00000161. The van der Waals surface area contributed by atoms with Gasteiger partial charge in [-0.15, -0.1) is 0 Å². The van der Waals surface area contributed by atoms with E-state index in [4.69, 9.17) is 11.6 Å². The first-order chi connectivity index (χ1) is 9.44. The van der Waals surface area contributed by atoms with Crippen LogP contribution in [0.15, 0.2) is 40.9 Å². The second-order valence-electron chi connectivity index (χ2n) is 6.30. The van der Waals surface area contributed by atoms with Gasteiger partial charge in [0, 0.05) is 17.2 Å². The number of fused-ring (bicyclic) bond motifs is 1. The number of aryl methyl sites for hydroxylation is 1. The molecule has 4 heteroatoms. The highest BCUT2D eigenvalue weighted by Gasteiger charge is 2.25. The normalized spacial score (nSPS) is 19.4. The van der Waals surface area contributed by atoms with Crippen LogP contribution in [0.1, 0.15) is 31.7 Å². The monoisotopic (exact) mass is 339 g/mol. The van der Waals surface area contributed by atoms with Gasteiger partial charge in [-0.05, 0) is 36.0 Å². The highest BCUT2D eigenvalue weighted by atomic mass is 35.5. The minimum atomic E-state index is 0. The van der Waals surface area contributed by atoms with Crippen molar-refractivity contribution in [1.29, 1.82) is 0 Å². The third-order valence-electron chi connectivity index (χ3n) is 3.75. The van der Waals surface area contributed by atoms with Gasteiger partial charge in [0.15, 0.2) is 0 Å². The fourth-order valence-electron chi connectivity index (χ4n) is 2.87. The Morgan fingerprint density at radius 3 is 2.62 bits per heavy atom. The molecule has 0 bridgehead atoms. The Morgan fingerprint density at radius 1 is 1.24 bits per heavy atom. The number of nitrogens with zero attached hydrogens (tertiary/aromatic N) is 1. The minimum Gasteiger partial charge on any atom is -1.00 e. The number of halogens is 2. The van der Waals surface area contributed by atoms with Gasteiger partial charge in [-0.3, -0.25) is 0 Å². The third kappa shape index (κ3) is 3.50. The summed E-state index contributed by atoms with van der Waals surface area (Å²) >= 11 is 8.13. The summed E-state index contributed by atoms with van der Waals surface area (Å²) in [4.78, 5) is 0. The van der Waals surface area contributed by atoms with Gasteiger partial charge in [-0.2, -0.15) is 4.57 Å². The SMILES string of the molecule is C[n+]1c(C=C2C=C(Cl)CC(C)(C)C2)sc2ccccc21.[Cl-]. The van der Waals surface area contributed by atoms with E-state index in [1.165, 1.54) is 20.8 Å². The molecule has 3 rings (SSSR count). The van der Waals surface area contributed by atoms with Crippen molar-refractivity contribution in [3.63, 3.8) is 0 Å². The summed E-state index contributed by atoms with van der Waals surface area (Å²) in [5.41, 5.74) is 2.87. The lowest BCUT2D eigenvalue weighted by atomic mass is 9.78. The average Bonchev–Trinajstić information content (AvgIpc) is 2.64. The van der Waals surface area contributed by atoms with E-state index in [2.05, 4.69) is 61.9 Å². The molecule has 2 aromatic rings. The predicted molar refractivity (Wildman–Crippen MR) is 87.9 cm³/mol. The molecule has 1 aromatic heterocycles. The maximum absolute atomic E-state index is 6.30. The number of thiazole rings is 1. The van der Waals surface area contributed by atoms with Crippen LogP contribution in [-0.2, 0) is 7.05 Å². The summed E-state index contributed by atoms with van der Waals surface area (Å²) in [5.74, 6) is 0. The van der Waals surface area contributed by atoms with Gasteiger partial charge in [0.25, 0.3) is 5.01 Å². The minimum absolute atomic E-state index is 0. The van der Waals surface area contributed by atoms with Gasteiger partial charge in [0.2, 0.25) is 5.52 Å². The molecule has 1 aromatic carbocycles. The number of aromatic nitrogens is 1. The first kappa shape index (κ1) is 16.5. The van der Waals surface area contributed by atoms with Gasteiger partial charge in [0.05, 0.1) is 0 Å². The molecular formula is C17H19Cl2NS. The second kappa shape index (κ2) is 6.12. The molecule has 0 radical (unpaired) electrons. The molecule has 112 valence electrons. The van der Waals surface area contributed by atoms with Gasteiger partial charge in [-0.1, -0.05) is 48.9 Å². The molecule has 0 spiro atoms. The number of hydrogen-bond acceptors (Lipinski definition) is 1. The highest BCUT2D eigenvalue weighted by Crippen LogP contribution is 2.40. The van der Waals surface area contributed by atoms with Crippen molar-refractivity contribution in [3.8, 4) is 0 Å². The van der Waals surface area contributed by atoms with Crippen LogP contribution >= 0.6 is 22.9 Å². The van der Waals surface area contributed by atoms with E-state index in [9.17, 15) is 0 Å². The molecule has 1 nitrogen and oxygen atoms in total. The van der Waals surface area contributed by atoms with Crippen LogP contribution in [0.3, 0.4) is 0 Å². The molecule has 0 saturated heterocycles. The lowest BCUT2D eigenvalue weighted by Crippen LogP contribution is -3.00. The fourth-order valence-corrected chi connectivity index (χ4v) is 4.50. The van der Waals surface area contributed by atoms with Crippen molar-refractivity contribution in [2.45, 2.75) is 26.7 Å². The number of rotatable bonds is 1. The molecule has 0 fully saturated rings. The zero-order chi connectivity index (χ0) is 14.3. The quantitative estimate of drug-likeness (QED) is 0.700. The first-order valence-electron chi connectivity index (χ1n) is 6.89. The molecule has 1 aliphatic rings. The van der Waals surface area contributed by atoms with Gasteiger partial charge < -0.3 is 12.4 Å². The second-order valence-corrected chi connectivity index (χ2v) is 7.84. The standard InChI is InChI=1S/C17H19ClNS.ClH/c1-17(2)10-12(8-13(18)11-17)9-16-19(3)14-6-4-5-7-15(14)20-16;/h4-9H,10-11H2,1-3H3;1H/q+1;/p-1. The fraction of sp³-hybridized carbons (Fsp3) is 0.353. The van der Waals surface area contributed by atoms with E-state index in [0.717, 1.165) is 17.9 Å². The number of allylic oxidation sites excluding steroid dienone is 3. The number of benzene rings is 1. The zero-order valence-electron chi connectivity index (χ0n) is 12.5. The summed E-state index contributed by atoms with van der Waals surface area (Å²) in [5, 5.41) is 2.25. The Kier molecular flexibility index (Phi) is 4.82. The van der Waals surface area contributed by atoms with Crippen molar-refractivity contribution in [2.75, 3.05) is 0 Å².